The third kappa shape index (κ3) is 4.69. The van der Waals surface area contributed by atoms with Crippen LogP contribution in [0.3, 0.4) is 0 Å². The van der Waals surface area contributed by atoms with E-state index in [4.69, 9.17) is 5.73 Å². The van der Waals surface area contributed by atoms with E-state index in [1.807, 2.05) is 23.1 Å². The Morgan fingerprint density at radius 1 is 1.14 bits per heavy atom. The summed E-state index contributed by atoms with van der Waals surface area (Å²) in [7, 11) is 0. The number of likely N-dealkylation sites (tertiary alicyclic amines) is 1. The number of hydrogen-bond acceptors (Lipinski definition) is 5. The topological polar surface area (TPSA) is 107 Å². The average Bonchev–Trinajstić information content (AvgIpc) is 2.72. The van der Waals surface area contributed by atoms with Crippen LogP contribution < -0.4 is 5.73 Å². The largest absolute Gasteiger partial charge is 0.366 e. The summed E-state index contributed by atoms with van der Waals surface area (Å²) in [5.74, 6) is -0.186. The molecular formula is C20H21N3O4S. The number of nitrogens with zero attached hydrogens (tertiary/aromatic N) is 2. The number of primary amides is 1. The molecule has 2 N–H and O–H groups in total. The molecule has 0 saturated carbocycles. The van der Waals surface area contributed by atoms with E-state index in [-0.39, 0.29) is 22.9 Å². The van der Waals surface area contributed by atoms with Crippen molar-refractivity contribution >= 4 is 29.3 Å². The van der Waals surface area contributed by atoms with Gasteiger partial charge in [-0.3, -0.25) is 19.7 Å². The van der Waals surface area contributed by atoms with Gasteiger partial charge in [-0.1, -0.05) is 30.3 Å². The van der Waals surface area contributed by atoms with Gasteiger partial charge in [-0.2, -0.15) is 0 Å². The van der Waals surface area contributed by atoms with E-state index >= 15 is 0 Å². The number of piperidine rings is 1. The number of carbonyl (C=O) groups excluding carboxylic acids is 2. The Morgan fingerprint density at radius 3 is 2.43 bits per heavy atom. The number of rotatable bonds is 6. The van der Waals surface area contributed by atoms with Gasteiger partial charge in [0.25, 0.3) is 5.69 Å². The molecule has 0 atom stereocenters. The van der Waals surface area contributed by atoms with E-state index in [2.05, 4.69) is 12.1 Å². The van der Waals surface area contributed by atoms with Crippen LogP contribution in [0, 0.1) is 10.1 Å². The molecule has 1 aliphatic heterocycles. The lowest BCUT2D eigenvalue weighted by Gasteiger charge is -2.32. The third-order valence-electron chi connectivity index (χ3n) is 4.91. The second kappa shape index (κ2) is 8.88. The predicted octanol–water partition coefficient (Wildman–Crippen LogP) is 3.19. The summed E-state index contributed by atoms with van der Waals surface area (Å²) in [4.78, 5) is 36.6. The fourth-order valence-corrected chi connectivity index (χ4v) is 4.26. The van der Waals surface area contributed by atoms with Crippen LogP contribution in [0.4, 0.5) is 5.69 Å². The Hall–Kier alpha value is -2.87. The molecule has 0 aromatic heterocycles. The standard InChI is InChI=1S/C20H21N3O4S/c21-20(25)16-6-7-18(17(12-16)23(26)27)28-13-19(24)22-10-8-15(9-11-22)14-4-2-1-3-5-14/h1-7,12,15H,8-11,13H2,(H2,21,25). The lowest BCUT2D eigenvalue weighted by molar-refractivity contribution is -0.387. The number of carbonyl (C=O) groups is 2. The Balaban J connectivity index is 1.58. The SMILES string of the molecule is NC(=O)c1ccc(SCC(=O)N2CCC(c3ccccc3)CC2)c([N+](=O)[O-])c1. The van der Waals surface area contributed by atoms with Gasteiger partial charge < -0.3 is 10.6 Å². The smallest absolute Gasteiger partial charge is 0.283 e. The number of nitro benzene ring substituents is 1. The van der Waals surface area contributed by atoms with E-state index in [1.165, 1.54) is 17.7 Å². The van der Waals surface area contributed by atoms with Crippen LogP contribution in [0.25, 0.3) is 0 Å². The van der Waals surface area contributed by atoms with E-state index in [0.29, 0.717) is 23.9 Å². The first-order valence-corrected chi connectivity index (χ1v) is 9.98. The van der Waals surface area contributed by atoms with Gasteiger partial charge >= 0.3 is 0 Å². The summed E-state index contributed by atoms with van der Waals surface area (Å²) in [6, 6.07) is 14.3. The zero-order valence-electron chi connectivity index (χ0n) is 15.2. The highest BCUT2D eigenvalue weighted by molar-refractivity contribution is 8.00. The zero-order chi connectivity index (χ0) is 20.1. The van der Waals surface area contributed by atoms with Gasteiger partial charge in [0.15, 0.2) is 0 Å². The molecule has 2 aromatic carbocycles. The van der Waals surface area contributed by atoms with E-state index in [1.54, 1.807) is 0 Å². The molecule has 28 heavy (non-hydrogen) atoms. The molecule has 8 heteroatoms. The molecule has 7 nitrogen and oxygen atoms in total. The van der Waals surface area contributed by atoms with E-state index < -0.39 is 10.8 Å². The van der Waals surface area contributed by atoms with Gasteiger partial charge in [0.1, 0.15) is 0 Å². The van der Waals surface area contributed by atoms with Gasteiger partial charge in [-0.15, -0.1) is 11.8 Å². The molecule has 0 unspecified atom stereocenters. The molecule has 0 aliphatic carbocycles. The summed E-state index contributed by atoms with van der Waals surface area (Å²) in [5.41, 5.74) is 6.34. The number of nitrogens with two attached hydrogens (primary N) is 1. The second-order valence-corrected chi connectivity index (χ2v) is 7.68. The van der Waals surface area contributed by atoms with Crippen LogP contribution in [-0.2, 0) is 4.79 Å². The number of thioether (sulfide) groups is 1. The lowest BCUT2D eigenvalue weighted by atomic mass is 9.89. The maximum absolute atomic E-state index is 12.5. The summed E-state index contributed by atoms with van der Waals surface area (Å²) >= 11 is 1.11. The average molecular weight is 399 g/mol. The van der Waals surface area contributed by atoms with E-state index in [9.17, 15) is 19.7 Å². The molecule has 0 bridgehead atoms. The van der Waals surface area contributed by atoms with Crippen molar-refractivity contribution in [1.82, 2.24) is 4.90 Å². The summed E-state index contributed by atoms with van der Waals surface area (Å²) in [5, 5.41) is 11.3. The maximum Gasteiger partial charge on any atom is 0.283 e. The molecule has 1 fully saturated rings. The van der Waals surface area contributed by atoms with Crippen molar-refractivity contribution in [1.29, 1.82) is 0 Å². The monoisotopic (exact) mass is 399 g/mol. The van der Waals surface area contributed by atoms with Crippen LogP contribution in [0.5, 0.6) is 0 Å². The van der Waals surface area contributed by atoms with Crippen LogP contribution in [0.2, 0.25) is 0 Å². The molecule has 146 valence electrons. The quantitative estimate of drug-likeness (QED) is 0.456. The Labute approximate surface area is 167 Å². The molecule has 1 aliphatic rings. The highest BCUT2D eigenvalue weighted by Crippen LogP contribution is 2.32. The number of nitro groups is 1. The van der Waals surface area contributed by atoms with Crippen LogP contribution in [0.15, 0.2) is 53.4 Å². The maximum atomic E-state index is 12.5. The Kier molecular flexibility index (Phi) is 6.30. The molecule has 0 radical (unpaired) electrons. The zero-order valence-corrected chi connectivity index (χ0v) is 16.1. The van der Waals surface area contributed by atoms with Gasteiger partial charge in [0, 0.05) is 24.7 Å². The normalized spacial score (nSPS) is 14.6. The van der Waals surface area contributed by atoms with Crippen LogP contribution in [-0.4, -0.2) is 40.5 Å². The Bertz CT molecular complexity index is 880. The fraction of sp³-hybridized carbons (Fsp3) is 0.300. The van der Waals surface area contributed by atoms with Gasteiger partial charge in [0.2, 0.25) is 11.8 Å². The van der Waals surface area contributed by atoms with Crippen LogP contribution in [0.1, 0.15) is 34.7 Å². The van der Waals surface area contributed by atoms with Crippen molar-refractivity contribution in [2.75, 3.05) is 18.8 Å². The molecule has 2 amide bonds. The minimum absolute atomic E-state index is 0.0372. The number of amides is 2. The van der Waals surface area contributed by atoms with Gasteiger partial charge in [-0.25, -0.2) is 0 Å². The Morgan fingerprint density at radius 2 is 1.82 bits per heavy atom. The molecule has 1 saturated heterocycles. The van der Waals surface area contributed by atoms with Crippen molar-refractivity contribution in [3.63, 3.8) is 0 Å². The molecule has 1 heterocycles. The van der Waals surface area contributed by atoms with E-state index in [0.717, 1.165) is 30.7 Å². The fourth-order valence-electron chi connectivity index (χ4n) is 3.35. The van der Waals surface area contributed by atoms with Crippen LogP contribution >= 0.6 is 11.8 Å². The minimum atomic E-state index is -0.725. The summed E-state index contributed by atoms with van der Waals surface area (Å²) in [6.07, 6.45) is 1.82. The van der Waals surface area contributed by atoms with Crippen molar-refractivity contribution in [2.24, 2.45) is 5.73 Å². The highest BCUT2D eigenvalue weighted by atomic mass is 32.2. The first-order chi connectivity index (χ1) is 13.5. The first-order valence-electron chi connectivity index (χ1n) is 8.99. The number of hydrogen-bond donors (Lipinski definition) is 1. The van der Waals surface area contributed by atoms with Crippen molar-refractivity contribution in [3.8, 4) is 0 Å². The molecular weight excluding hydrogens is 378 g/mol. The number of benzene rings is 2. The van der Waals surface area contributed by atoms with Crippen molar-refractivity contribution in [2.45, 2.75) is 23.7 Å². The third-order valence-corrected chi connectivity index (χ3v) is 5.96. The predicted molar refractivity (Wildman–Crippen MR) is 107 cm³/mol. The second-order valence-electron chi connectivity index (χ2n) is 6.66. The van der Waals surface area contributed by atoms with Gasteiger partial charge in [0.05, 0.1) is 15.6 Å². The van der Waals surface area contributed by atoms with Crippen molar-refractivity contribution in [3.05, 3.63) is 69.8 Å². The molecule has 2 aromatic rings. The minimum Gasteiger partial charge on any atom is -0.366 e. The lowest BCUT2D eigenvalue weighted by Crippen LogP contribution is -2.38. The highest BCUT2D eigenvalue weighted by Gasteiger charge is 2.25. The van der Waals surface area contributed by atoms with Crippen molar-refractivity contribution < 1.29 is 14.5 Å². The summed E-state index contributed by atoms with van der Waals surface area (Å²) < 4.78 is 0. The molecule has 3 rings (SSSR count). The van der Waals surface area contributed by atoms with Gasteiger partial charge in [-0.05, 0) is 36.5 Å². The first kappa shape index (κ1) is 19.9. The molecule has 0 spiro atoms. The summed E-state index contributed by atoms with van der Waals surface area (Å²) in [6.45, 7) is 1.36.